The Kier molecular flexibility index (Phi) is 9.69. The van der Waals surface area contributed by atoms with Crippen LogP contribution in [0.25, 0.3) is 33.6 Å². The van der Waals surface area contributed by atoms with Gasteiger partial charge in [0, 0.05) is 37.8 Å². The van der Waals surface area contributed by atoms with E-state index in [1.165, 1.54) is 4.90 Å². The molecule has 266 valence electrons. The van der Waals surface area contributed by atoms with E-state index in [0.717, 1.165) is 96.8 Å². The van der Waals surface area contributed by atoms with Gasteiger partial charge in [0.1, 0.15) is 11.6 Å². The van der Waals surface area contributed by atoms with Crippen molar-refractivity contribution >= 4 is 39.7 Å². The van der Waals surface area contributed by atoms with Crippen LogP contribution in [-0.4, -0.2) is 117 Å². The average Bonchev–Trinajstić information content (AvgIpc) is 3.94. The number of aromatic amines is 2. The first-order valence-electron chi connectivity index (χ1n) is 17.8. The lowest BCUT2D eigenvalue weighted by atomic mass is 9.93. The van der Waals surface area contributed by atoms with Gasteiger partial charge in [0.2, 0.25) is 0 Å². The summed E-state index contributed by atoms with van der Waals surface area (Å²) in [6.45, 7) is 6.09. The maximum absolute atomic E-state index is 10.3. The van der Waals surface area contributed by atoms with Gasteiger partial charge in [-0.05, 0) is 76.7 Å². The first-order chi connectivity index (χ1) is 24.2. The first-order valence-corrected chi connectivity index (χ1v) is 17.8. The topological polar surface area (TPSA) is 171 Å². The minimum atomic E-state index is -0.858. The van der Waals surface area contributed by atoms with Crippen LogP contribution < -0.4 is 0 Å². The van der Waals surface area contributed by atoms with E-state index in [4.69, 9.17) is 9.84 Å². The third-order valence-electron chi connectivity index (χ3n) is 10.8. The molecule has 6 aromatic rings. The number of nitrogens with one attached hydrogen (secondary N) is 2. The zero-order valence-corrected chi connectivity index (χ0v) is 29.5. The van der Waals surface area contributed by atoms with Gasteiger partial charge in [-0.25, -0.2) is 14.8 Å². The molecule has 2 fully saturated rings. The highest BCUT2D eigenvalue weighted by Gasteiger charge is 2.42. The summed E-state index contributed by atoms with van der Waals surface area (Å²) in [4.78, 5) is 29.0. The minimum Gasteiger partial charge on any atom is -0.465 e. The lowest BCUT2D eigenvalue weighted by molar-refractivity contribution is -0.00877. The van der Waals surface area contributed by atoms with Crippen molar-refractivity contribution in [3.05, 3.63) is 48.6 Å². The molecule has 0 spiro atoms. The average molecular weight is 685 g/mol. The molecule has 6 atom stereocenters. The molecule has 50 heavy (non-hydrogen) atoms. The van der Waals surface area contributed by atoms with Crippen LogP contribution in [0.15, 0.2) is 36.9 Å². The van der Waals surface area contributed by atoms with Crippen LogP contribution in [0.5, 0.6) is 0 Å². The zero-order chi connectivity index (χ0) is 34.9. The second-order valence-electron chi connectivity index (χ2n) is 14.2. The molecule has 0 radical (unpaired) electrons. The molecule has 6 heterocycles. The van der Waals surface area contributed by atoms with Crippen LogP contribution in [0.2, 0.25) is 0 Å². The van der Waals surface area contributed by atoms with Gasteiger partial charge in [0.05, 0.1) is 35.6 Å². The number of aromatic nitrogens is 10. The number of hydrogen-bond donors (Lipinski definition) is 3. The van der Waals surface area contributed by atoms with Crippen molar-refractivity contribution in [1.29, 1.82) is 0 Å². The molecule has 0 aliphatic heterocycles. The predicted molar refractivity (Wildman–Crippen MR) is 189 cm³/mol. The standard InChI is InChI=1S/C28H32N10O.C7H16N2O2/c1-3-15-9-17(11-19(15)27-35-33-23-13-31-25-21(37(23)27)5-7-29-25)39-18-10-16(4-2)20(12-18)28-36-34-24-14-32-26-22(38(24)28)6-8-30-26;1-8(2)5-4-6-9(3)7(10)11/h5-8,13-20,29-30H,3-4,9-12H2,1-2H3;4-6H2,1-3H3,(H,10,11)/t15-,16-,17+,18+,19+,20+;/m1./s1. The van der Waals surface area contributed by atoms with Gasteiger partial charge >= 0.3 is 6.09 Å². The van der Waals surface area contributed by atoms with Gasteiger partial charge in [-0.1, -0.05) is 26.7 Å². The number of rotatable bonds is 10. The Labute approximate surface area is 290 Å². The molecule has 2 aliphatic carbocycles. The van der Waals surface area contributed by atoms with Crippen LogP contribution in [0.4, 0.5) is 4.79 Å². The monoisotopic (exact) mass is 684 g/mol. The molecule has 15 nitrogen and oxygen atoms in total. The maximum atomic E-state index is 10.3. The largest absolute Gasteiger partial charge is 0.465 e. The SMILES string of the molecule is CC[C@@H]1C[C@H](O[C@H]2C[C@@H](CC)[C@@H](c3nnc4cnc5[nH]ccc5n34)C2)C[C@@H]1c1nnc2cnc3[nH]ccc3n12.CN(C)CCCN(C)C(=O)O. The Morgan fingerprint density at radius 3 is 1.74 bits per heavy atom. The molecule has 2 aliphatic rings. The minimum absolute atomic E-state index is 0.216. The van der Waals surface area contributed by atoms with E-state index in [0.29, 0.717) is 30.2 Å². The zero-order valence-electron chi connectivity index (χ0n) is 29.5. The van der Waals surface area contributed by atoms with Crippen molar-refractivity contribution in [3.8, 4) is 0 Å². The summed E-state index contributed by atoms with van der Waals surface area (Å²) in [6, 6.07) is 4.11. The molecular formula is C35H48N12O3. The van der Waals surface area contributed by atoms with Gasteiger partial charge in [-0.15, -0.1) is 20.4 Å². The van der Waals surface area contributed by atoms with Crippen LogP contribution in [0, 0.1) is 11.8 Å². The molecule has 15 heteroatoms. The smallest absolute Gasteiger partial charge is 0.407 e. The maximum Gasteiger partial charge on any atom is 0.407 e. The van der Waals surface area contributed by atoms with Gasteiger partial charge < -0.3 is 29.6 Å². The number of carbonyl (C=O) groups is 1. The molecular weight excluding hydrogens is 636 g/mol. The number of nitrogens with zero attached hydrogens (tertiary/aromatic N) is 10. The van der Waals surface area contributed by atoms with Crippen LogP contribution in [0.3, 0.4) is 0 Å². The predicted octanol–water partition coefficient (Wildman–Crippen LogP) is 5.33. The molecule has 0 unspecified atom stereocenters. The fraction of sp³-hybridized carbons (Fsp3) is 0.571. The second-order valence-corrected chi connectivity index (χ2v) is 14.2. The quantitative estimate of drug-likeness (QED) is 0.171. The van der Waals surface area contributed by atoms with Crippen molar-refractivity contribution in [1.82, 2.24) is 58.9 Å². The Balaban J connectivity index is 0.000000311. The van der Waals surface area contributed by atoms with E-state index >= 15 is 0 Å². The highest BCUT2D eigenvalue weighted by molar-refractivity contribution is 5.75. The number of ether oxygens (including phenoxy) is 1. The number of H-pyrrole nitrogens is 2. The lowest BCUT2D eigenvalue weighted by Gasteiger charge is -2.18. The first kappa shape index (κ1) is 33.8. The highest BCUT2D eigenvalue weighted by atomic mass is 16.5. The van der Waals surface area contributed by atoms with Gasteiger partial charge in [-0.2, -0.15) is 0 Å². The van der Waals surface area contributed by atoms with Gasteiger partial charge in [0.25, 0.3) is 0 Å². The number of carboxylic acid groups (broad SMARTS) is 1. The Morgan fingerprint density at radius 2 is 1.30 bits per heavy atom. The van der Waals surface area contributed by atoms with Crippen molar-refractivity contribution in [2.24, 2.45) is 11.8 Å². The summed E-state index contributed by atoms with van der Waals surface area (Å²) < 4.78 is 11.3. The van der Waals surface area contributed by atoms with Gasteiger partial charge in [0.15, 0.2) is 22.6 Å². The molecule has 0 aromatic carbocycles. The Bertz CT molecular complexity index is 1930. The number of hydrogen-bond acceptors (Lipinski definition) is 9. The summed E-state index contributed by atoms with van der Waals surface area (Å²) in [5.41, 5.74) is 5.38. The molecule has 0 bridgehead atoms. The summed E-state index contributed by atoms with van der Waals surface area (Å²) in [7, 11) is 5.53. The van der Waals surface area contributed by atoms with Crippen LogP contribution in [0.1, 0.15) is 82.3 Å². The summed E-state index contributed by atoms with van der Waals surface area (Å²) in [6.07, 6.45) is 14.1. The van der Waals surface area contributed by atoms with E-state index < -0.39 is 6.09 Å². The van der Waals surface area contributed by atoms with Crippen LogP contribution in [-0.2, 0) is 4.74 Å². The van der Waals surface area contributed by atoms with E-state index in [-0.39, 0.29) is 12.2 Å². The Morgan fingerprint density at radius 1 is 0.800 bits per heavy atom. The molecule has 3 N–H and O–H groups in total. The molecule has 8 rings (SSSR count). The van der Waals surface area contributed by atoms with E-state index in [9.17, 15) is 4.79 Å². The number of amides is 1. The molecule has 6 aromatic heterocycles. The Hall–Kier alpha value is -4.63. The van der Waals surface area contributed by atoms with E-state index in [2.05, 4.69) is 75.1 Å². The number of fused-ring (bicyclic) bond motifs is 6. The molecule has 2 saturated carbocycles. The fourth-order valence-electron chi connectivity index (χ4n) is 8.17. The third kappa shape index (κ3) is 6.51. The highest BCUT2D eigenvalue weighted by Crippen LogP contribution is 2.47. The lowest BCUT2D eigenvalue weighted by Crippen LogP contribution is -2.28. The summed E-state index contributed by atoms with van der Waals surface area (Å²) >= 11 is 0. The van der Waals surface area contributed by atoms with Crippen molar-refractivity contribution in [3.63, 3.8) is 0 Å². The van der Waals surface area contributed by atoms with Crippen molar-refractivity contribution in [2.75, 3.05) is 34.2 Å². The fourth-order valence-corrected chi connectivity index (χ4v) is 8.17. The summed E-state index contributed by atoms with van der Waals surface area (Å²) in [5.74, 6) is 3.71. The molecule has 0 saturated heterocycles. The third-order valence-corrected chi connectivity index (χ3v) is 10.8. The van der Waals surface area contributed by atoms with Gasteiger partial charge in [-0.3, -0.25) is 8.80 Å². The molecule has 1 amide bonds. The van der Waals surface area contributed by atoms with E-state index in [1.807, 2.05) is 31.4 Å². The normalized spacial score (nSPS) is 23.8. The van der Waals surface area contributed by atoms with Crippen molar-refractivity contribution < 1.29 is 14.6 Å². The van der Waals surface area contributed by atoms with E-state index in [1.54, 1.807) is 19.4 Å². The van der Waals surface area contributed by atoms with Crippen molar-refractivity contribution in [2.45, 2.75) is 82.8 Å². The van der Waals surface area contributed by atoms with Crippen LogP contribution >= 0.6 is 0 Å². The second kappa shape index (κ2) is 14.3. The summed E-state index contributed by atoms with van der Waals surface area (Å²) in [5, 5.41) is 26.7.